The van der Waals surface area contributed by atoms with Crippen LogP contribution in [0.25, 0.3) is 0 Å². The van der Waals surface area contributed by atoms with E-state index in [2.05, 4.69) is 107 Å². The third-order valence-corrected chi connectivity index (χ3v) is 11.0. The van der Waals surface area contributed by atoms with Gasteiger partial charge in [-0.25, -0.2) is 0 Å². The summed E-state index contributed by atoms with van der Waals surface area (Å²) in [6.45, 7) is 26.2. The van der Waals surface area contributed by atoms with Crippen LogP contribution in [0.3, 0.4) is 0 Å². The lowest BCUT2D eigenvalue weighted by atomic mass is 9.79. The average molecular weight is 616 g/mol. The van der Waals surface area contributed by atoms with E-state index in [4.69, 9.17) is 0 Å². The minimum atomic E-state index is -0.475. The summed E-state index contributed by atoms with van der Waals surface area (Å²) in [5.74, 6) is 0.503. The number of aliphatic hydroxyl groups is 1. The molecular weight excluding hydrogens is 563 g/mol. The number of benzene rings is 2. The summed E-state index contributed by atoms with van der Waals surface area (Å²) in [5.41, 5.74) is 2.77. The van der Waals surface area contributed by atoms with E-state index in [1.807, 2.05) is 23.5 Å². The maximum absolute atomic E-state index is 12.4. The quantitative estimate of drug-likeness (QED) is 0.293. The molecule has 0 atom stereocenters. The maximum Gasteiger partial charge on any atom is 0.248 e. The fourth-order valence-electron chi connectivity index (χ4n) is 5.47. The zero-order valence-corrected chi connectivity index (χ0v) is 29.5. The first-order valence-corrected chi connectivity index (χ1v) is 16.6. The molecule has 42 heavy (non-hydrogen) atoms. The minimum Gasteiger partial charge on any atom is -0.507 e. The lowest BCUT2D eigenvalue weighted by Gasteiger charge is -2.41. The number of hydrogen-bond acceptors (Lipinski definition) is 6. The van der Waals surface area contributed by atoms with E-state index in [9.17, 15) is 20.1 Å². The fraction of sp³-hybridized carbons (Fsp3) is 0.629. The SMILES string of the molecule is CC(C)(C)c1cc(SC2(Sc3cc(C(C)(C)C)c(O)c(C(C)(C)C)c3)CCN(C(=O)CO)CC2)cc(C(C)(C)C)c1O. The van der Waals surface area contributed by atoms with Gasteiger partial charge in [-0.15, -0.1) is 23.5 Å². The summed E-state index contributed by atoms with van der Waals surface area (Å²) in [6.07, 6.45) is 1.47. The number of hydrogen-bond donors (Lipinski definition) is 3. The first-order chi connectivity index (χ1) is 19.0. The van der Waals surface area contributed by atoms with Crippen LogP contribution in [0.1, 0.15) is 118 Å². The smallest absolute Gasteiger partial charge is 0.248 e. The summed E-state index contributed by atoms with van der Waals surface area (Å²) < 4.78 is -0.297. The Hall–Kier alpha value is -1.83. The number of amides is 1. The van der Waals surface area contributed by atoms with E-state index in [-0.39, 0.29) is 31.6 Å². The monoisotopic (exact) mass is 615 g/mol. The molecule has 1 saturated heterocycles. The number of aromatic hydroxyl groups is 2. The number of carbonyl (C=O) groups is 1. The van der Waals surface area contributed by atoms with Gasteiger partial charge in [-0.2, -0.15) is 0 Å². The molecule has 0 unspecified atom stereocenters. The molecule has 0 aliphatic carbocycles. The van der Waals surface area contributed by atoms with Gasteiger partial charge >= 0.3 is 0 Å². The number of phenols is 2. The number of carbonyl (C=O) groups excluding carboxylic acids is 1. The predicted octanol–water partition coefficient (Wildman–Crippen LogP) is 8.48. The summed E-state index contributed by atoms with van der Waals surface area (Å²) in [5, 5.41) is 32.2. The molecular formula is C35H53NO4S2. The van der Waals surface area contributed by atoms with Gasteiger partial charge in [0, 0.05) is 45.1 Å². The summed E-state index contributed by atoms with van der Waals surface area (Å²) in [6, 6.07) is 8.56. The standard InChI is InChI=1S/C35H53NO4S2/c1-31(2,3)24-17-22(18-25(29(24)39)32(4,5)6)41-35(13-15-36(16-14-35)28(38)21-37)42-23-19-26(33(7,8)9)30(40)27(20-23)34(10,11)12/h17-20,37,39-40H,13-16,21H2,1-12H3. The van der Waals surface area contributed by atoms with Crippen LogP contribution in [0.4, 0.5) is 0 Å². The van der Waals surface area contributed by atoms with E-state index >= 15 is 0 Å². The molecule has 3 rings (SSSR count). The number of phenolic OH excluding ortho intramolecular Hbond substituents is 2. The number of aliphatic hydroxyl groups excluding tert-OH is 1. The van der Waals surface area contributed by atoms with Gasteiger partial charge in [-0.3, -0.25) is 4.79 Å². The molecule has 1 heterocycles. The molecule has 1 aliphatic rings. The Morgan fingerprint density at radius 1 is 0.667 bits per heavy atom. The van der Waals surface area contributed by atoms with Gasteiger partial charge < -0.3 is 20.2 Å². The number of thioether (sulfide) groups is 2. The lowest BCUT2D eigenvalue weighted by Crippen LogP contribution is -2.44. The Kier molecular flexibility index (Phi) is 9.84. The molecule has 3 N–H and O–H groups in total. The molecule has 7 heteroatoms. The van der Waals surface area contributed by atoms with Crippen molar-refractivity contribution in [1.29, 1.82) is 0 Å². The van der Waals surface area contributed by atoms with Crippen LogP contribution in [-0.2, 0) is 26.5 Å². The zero-order valence-electron chi connectivity index (χ0n) is 27.9. The highest BCUT2D eigenvalue weighted by Crippen LogP contribution is 2.55. The Balaban J connectivity index is 2.19. The van der Waals surface area contributed by atoms with Crippen molar-refractivity contribution >= 4 is 29.4 Å². The van der Waals surface area contributed by atoms with Gasteiger partial charge in [-0.1, -0.05) is 83.1 Å². The lowest BCUT2D eigenvalue weighted by molar-refractivity contribution is -0.135. The molecule has 5 nitrogen and oxygen atoms in total. The highest BCUT2D eigenvalue weighted by molar-refractivity contribution is 8.18. The second kappa shape index (κ2) is 11.9. The van der Waals surface area contributed by atoms with E-state index in [1.54, 1.807) is 4.90 Å². The Labute approximate surface area is 262 Å². The van der Waals surface area contributed by atoms with E-state index < -0.39 is 6.61 Å². The van der Waals surface area contributed by atoms with Crippen molar-refractivity contribution in [2.24, 2.45) is 0 Å². The van der Waals surface area contributed by atoms with Crippen LogP contribution < -0.4 is 0 Å². The molecule has 0 spiro atoms. The van der Waals surface area contributed by atoms with Gasteiger partial charge in [0.25, 0.3) is 0 Å². The van der Waals surface area contributed by atoms with Crippen LogP contribution in [0, 0.1) is 0 Å². The molecule has 1 aliphatic heterocycles. The number of piperidine rings is 1. The molecule has 0 saturated carbocycles. The highest BCUT2D eigenvalue weighted by Gasteiger charge is 2.40. The predicted molar refractivity (Wildman–Crippen MR) is 178 cm³/mol. The molecule has 2 aromatic rings. The molecule has 2 aromatic carbocycles. The topological polar surface area (TPSA) is 81.0 Å². The molecule has 0 radical (unpaired) electrons. The summed E-state index contributed by atoms with van der Waals surface area (Å²) in [7, 11) is 0. The van der Waals surface area contributed by atoms with Crippen LogP contribution in [0.5, 0.6) is 11.5 Å². The van der Waals surface area contributed by atoms with Gasteiger partial charge in [0.1, 0.15) is 18.1 Å². The summed E-state index contributed by atoms with van der Waals surface area (Å²) in [4.78, 5) is 16.4. The zero-order chi connectivity index (χ0) is 32.1. The van der Waals surface area contributed by atoms with Crippen molar-refractivity contribution in [3.05, 3.63) is 46.5 Å². The van der Waals surface area contributed by atoms with Crippen LogP contribution in [0.2, 0.25) is 0 Å². The first-order valence-electron chi connectivity index (χ1n) is 15.0. The van der Waals surface area contributed by atoms with Crippen molar-refractivity contribution < 1.29 is 20.1 Å². The maximum atomic E-state index is 12.4. The van der Waals surface area contributed by atoms with Crippen molar-refractivity contribution in [1.82, 2.24) is 4.90 Å². The summed E-state index contributed by atoms with van der Waals surface area (Å²) >= 11 is 3.63. The van der Waals surface area contributed by atoms with Crippen molar-refractivity contribution in [3.63, 3.8) is 0 Å². The van der Waals surface area contributed by atoms with Gasteiger partial charge in [0.15, 0.2) is 0 Å². The number of likely N-dealkylation sites (tertiary alicyclic amines) is 1. The Morgan fingerprint density at radius 3 is 1.19 bits per heavy atom. The second-order valence-electron chi connectivity index (χ2n) is 15.9. The third kappa shape index (κ3) is 7.81. The second-order valence-corrected chi connectivity index (χ2v) is 19.1. The molecule has 0 aromatic heterocycles. The van der Waals surface area contributed by atoms with E-state index in [1.165, 1.54) is 0 Å². The van der Waals surface area contributed by atoms with Gasteiger partial charge in [0.05, 0.1) is 4.08 Å². The van der Waals surface area contributed by atoms with E-state index in [0.29, 0.717) is 24.6 Å². The molecule has 1 amide bonds. The Bertz CT molecular complexity index is 1140. The van der Waals surface area contributed by atoms with Crippen molar-refractivity contribution in [2.75, 3.05) is 19.7 Å². The van der Waals surface area contributed by atoms with Gasteiger partial charge in [-0.05, 0) is 58.8 Å². The molecule has 234 valence electrons. The molecule has 1 fully saturated rings. The average Bonchev–Trinajstić information content (AvgIpc) is 2.83. The fourth-order valence-corrected chi connectivity index (χ4v) is 8.56. The number of rotatable bonds is 5. The first kappa shape index (κ1) is 34.7. The Morgan fingerprint density at radius 2 is 0.952 bits per heavy atom. The number of nitrogens with zero attached hydrogens (tertiary/aromatic N) is 1. The van der Waals surface area contributed by atoms with E-state index in [0.717, 1.165) is 44.9 Å². The largest absolute Gasteiger partial charge is 0.507 e. The third-order valence-electron chi connectivity index (χ3n) is 8.02. The van der Waals surface area contributed by atoms with Crippen molar-refractivity contribution in [2.45, 2.75) is 131 Å². The molecule has 0 bridgehead atoms. The van der Waals surface area contributed by atoms with Gasteiger partial charge in [0.2, 0.25) is 5.91 Å². The van der Waals surface area contributed by atoms with Crippen LogP contribution in [0.15, 0.2) is 34.1 Å². The highest BCUT2D eigenvalue weighted by atomic mass is 32.2. The minimum absolute atomic E-state index is 0.233. The normalized spacial score (nSPS) is 16.5. The van der Waals surface area contributed by atoms with Crippen LogP contribution in [-0.4, -0.2) is 49.9 Å². The van der Waals surface area contributed by atoms with Crippen molar-refractivity contribution in [3.8, 4) is 11.5 Å². The van der Waals surface area contributed by atoms with Crippen LogP contribution >= 0.6 is 23.5 Å².